The average molecular weight is 236 g/mol. The summed E-state index contributed by atoms with van der Waals surface area (Å²) in [6.45, 7) is 0. The van der Waals surface area contributed by atoms with Gasteiger partial charge in [0.15, 0.2) is 0 Å². The van der Waals surface area contributed by atoms with Crippen molar-refractivity contribution in [3.8, 4) is 0 Å². The van der Waals surface area contributed by atoms with E-state index < -0.39 is 5.97 Å². The molecule has 3 saturated carbocycles. The molecule has 0 heterocycles. The summed E-state index contributed by atoms with van der Waals surface area (Å²) < 4.78 is 0. The summed E-state index contributed by atoms with van der Waals surface area (Å²) in [6.07, 6.45) is 12.3. The Labute approximate surface area is 104 Å². The Morgan fingerprint density at radius 3 is 2.41 bits per heavy atom. The summed E-state index contributed by atoms with van der Waals surface area (Å²) in [5.74, 6) is 1.47. The lowest BCUT2D eigenvalue weighted by molar-refractivity contribution is -0.154. The number of fused-ring (bicyclic) bond motifs is 2. The Hall–Kier alpha value is -0.530. The molecule has 3 unspecified atom stereocenters. The van der Waals surface area contributed by atoms with Crippen LogP contribution in [0.15, 0.2) is 0 Å². The summed E-state index contributed by atoms with van der Waals surface area (Å²) in [6, 6.07) is 0. The molecular formula is C15H24O2. The minimum Gasteiger partial charge on any atom is -0.481 e. The van der Waals surface area contributed by atoms with Crippen molar-refractivity contribution < 1.29 is 9.90 Å². The molecule has 17 heavy (non-hydrogen) atoms. The molecule has 0 aromatic rings. The molecule has 3 aliphatic carbocycles. The van der Waals surface area contributed by atoms with Gasteiger partial charge in [0.25, 0.3) is 0 Å². The zero-order chi connectivity index (χ0) is 11.9. The van der Waals surface area contributed by atoms with E-state index in [0.717, 1.165) is 18.8 Å². The Bertz CT molecular complexity index is 306. The molecule has 3 fully saturated rings. The fourth-order valence-electron chi connectivity index (χ4n) is 4.95. The van der Waals surface area contributed by atoms with Gasteiger partial charge in [-0.2, -0.15) is 0 Å². The Kier molecular flexibility index (Phi) is 2.92. The van der Waals surface area contributed by atoms with Crippen molar-refractivity contribution in [1.82, 2.24) is 0 Å². The van der Waals surface area contributed by atoms with E-state index >= 15 is 0 Å². The van der Waals surface area contributed by atoms with Crippen molar-refractivity contribution in [2.75, 3.05) is 0 Å². The molecule has 0 radical (unpaired) electrons. The first-order chi connectivity index (χ1) is 8.21. The van der Waals surface area contributed by atoms with Gasteiger partial charge in [0.1, 0.15) is 0 Å². The number of carbonyl (C=O) groups is 1. The molecule has 0 amide bonds. The maximum atomic E-state index is 11.8. The van der Waals surface area contributed by atoms with Gasteiger partial charge in [0, 0.05) is 0 Å². The van der Waals surface area contributed by atoms with Crippen molar-refractivity contribution in [2.45, 2.75) is 64.2 Å². The Balaban J connectivity index is 1.74. The zero-order valence-corrected chi connectivity index (χ0v) is 10.7. The molecule has 0 aliphatic heterocycles. The molecular weight excluding hydrogens is 212 g/mol. The highest BCUT2D eigenvalue weighted by Crippen LogP contribution is 2.59. The van der Waals surface area contributed by atoms with E-state index in [4.69, 9.17) is 0 Å². The fraction of sp³-hybridized carbons (Fsp3) is 0.933. The first kappa shape index (κ1) is 11.6. The third-order valence-corrected chi connectivity index (χ3v) is 5.78. The van der Waals surface area contributed by atoms with Gasteiger partial charge in [0.05, 0.1) is 5.41 Å². The van der Waals surface area contributed by atoms with Crippen LogP contribution in [0.5, 0.6) is 0 Å². The van der Waals surface area contributed by atoms with Crippen LogP contribution < -0.4 is 0 Å². The van der Waals surface area contributed by atoms with Gasteiger partial charge in [-0.15, -0.1) is 0 Å². The van der Waals surface area contributed by atoms with Gasteiger partial charge < -0.3 is 5.11 Å². The number of carboxylic acid groups (broad SMARTS) is 1. The number of aliphatic carboxylic acids is 1. The largest absolute Gasteiger partial charge is 0.481 e. The summed E-state index contributed by atoms with van der Waals surface area (Å²) in [5.41, 5.74) is -0.315. The normalized spacial score (nSPS) is 41.9. The lowest BCUT2D eigenvalue weighted by Crippen LogP contribution is -2.38. The van der Waals surface area contributed by atoms with E-state index in [1.165, 1.54) is 51.4 Å². The second kappa shape index (κ2) is 4.29. The van der Waals surface area contributed by atoms with Gasteiger partial charge in [-0.05, 0) is 43.4 Å². The monoisotopic (exact) mass is 236 g/mol. The summed E-state index contributed by atoms with van der Waals surface area (Å²) in [4.78, 5) is 11.8. The molecule has 0 aromatic carbocycles. The minimum absolute atomic E-state index is 0.315. The van der Waals surface area contributed by atoms with Crippen LogP contribution in [0, 0.1) is 23.2 Å². The van der Waals surface area contributed by atoms with Crippen molar-refractivity contribution in [3.05, 3.63) is 0 Å². The third kappa shape index (κ3) is 1.90. The van der Waals surface area contributed by atoms with Gasteiger partial charge >= 0.3 is 5.97 Å². The van der Waals surface area contributed by atoms with Crippen LogP contribution in [0.4, 0.5) is 0 Å². The summed E-state index contributed by atoms with van der Waals surface area (Å²) >= 11 is 0. The zero-order valence-electron chi connectivity index (χ0n) is 10.7. The maximum absolute atomic E-state index is 11.8. The highest BCUT2D eigenvalue weighted by Gasteiger charge is 2.56. The third-order valence-electron chi connectivity index (χ3n) is 5.78. The average Bonchev–Trinajstić information content (AvgIpc) is 2.91. The first-order valence-electron chi connectivity index (χ1n) is 7.44. The number of rotatable bonds is 3. The van der Waals surface area contributed by atoms with Crippen molar-refractivity contribution in [3.63, 3.8) is 0 Å². The standard InChI is InChI=1S/C15H24O2/c16-14(17)15(9-11-4-2-1-3-5-11)10-12-6-7-13(15)8-12/h11-13H,1-10H2,(H,16,17). The lowest BCUT2D eigenvalue weighted by Gasteiger charge is -2.37. The lowest BCUT2D eigenvalue weighted by atomic mass is 9.66. The molecule has 96 valence electrons. The van der Waals surface area contributed by atoms with Crippen molar-refractivity contribution >= 4 is 5.97 Å². The van der Waals surface area contributed by atoms with Gasteiger partial charge in [-0.1, -0.05) is 38.5 Å². The van der Waals surface area contributed by atoms with Gasteiger partial charge in [0.2, 0.25) is 0 Å². The minimum atomic E-state index is -0.477. The van der Waals surface area contributed by atoms with Crippen LogP contribution in [0.3, 0.4) is 0 Å². The summed E-state index contributed by atoms with van der Waals surface area (Å²) in [5, 5.41) is 9.72. The predicted octanol–water partition coefficient (Wildman–Crippen LogP) is 3.85. The number of hydrogen-bond acceptors (Lipinski definition) is 1. The van der Waals surface area contributed by atoms with E-state index in [-0.39, 0.29) is 5.41 Å². The molecule has 3 atom stereocenters. The molecule has 2 nitrogen and oxygen atoms in total. The van der Waals surface area contributed by atoms with E-state index in [2.05, 4.69) is 0 Å². The molecule has 2 heteroatoms. The number of carboxylic acids is 1. The summed E-state index contributed by atoms with van der Waals surface area (Å²) in [7, 11) is 0. The smallest absolute Gasteiger partial charge is 0.309 e. The molecule has 2 bridgehead atoms. The molecule has 0 aromatic heterocycles. The van der Waals surface area contributed by atoms with E-state index in [9.17, 15) is 9.90 Å². The quantitative estimate of drug-likeness (QED) is 0.808. The van der Waals surface area contributed by atoms with Crippen molar-refractivity contribution in [1.29, 1.82) is 0 Å². The molecule has 0 spiro atoms. The van der Waals surface area contributed by atoms with Gasteiger partial charge in [-0.25, -0.2) is 0 Å². The highest BCUT2D eigenvalue weighted by molar-refractivity contribution is 5.76. The molecule has 0 saturated heterocycles. The maximum Gasteiger partial charge on any atom is 0.309 e. The topological polar surface area (TPSA) is 37.3 Å². The van der Waals surface area contributed by atoms with E-state index in [1.54, 1.807) is 0 Å². The Morgan fingerprint density at radius 1 is 1.12 bits per heavy atom. The second-order valence-electron chi connectivity index (χ2n) is 6.75. The van der Waals surface area contributed by atoms with Crippen LogP contribution in [0.2, 0.25) is 0 Å². The number of hydrogen-bond donors (Lipinski definition) is 1. The Morgan fingerprint density at radius 2 is 1.88 bits per heavy atom. The molecule has 3 rings (SSSR count). The van der Waals surface area contributed by atoms with E-state index in [0.29, 0.717) is 11.8 Å². The van der Waals surface area contributed by atoms with Crippen LogP contribution in [0.1, 0.15) is 64.2 Å². The van der Waals surface area contributed by atoms with Crippen LogP contribution in [0.25, 0.3) is 0 Å². The molecule has 3 aliphatic rings. The van der Waals surface area contributed by atoms with Gasteiger partial charge in [-0.3, -0.25) is 4.79 Å². The molecule has 1 N–H and O–H groups in total. The van der Waals surface area contributed by atoms with Crippen LogP contribution in [-0.2, 0) is 4.79 Å². The van der Waals surface area contributed by atoms with Crippen molar-refractivity contribution in [2.24, 2.45) is 23.2 Å². The van der Waals surface area contributed by atoms with E-state index in [1.807, 2.05) is 0 Å². The fourth-order valence-corrected chi connectivity index (χ4v) is 4.95. The van der Waals surface area contributed by atoms with Crippen LogP contribution >= 0.6 is 0 Å². The SMILES string of the molecule is O=C(O)C1(CC2CCCCC2)CC2CCC1C2. The first-order valence-corrected chi connectivity index (χ1v) is 7.44. The predicted molar refractivity (Wildman–Crippen MR) is 66.7 cm³/mol. The second-order valence-corrected chi connectivity index (χ2v) is 6.75. The highest BCUT2D eigenvalue weighted by atomic mass is 16.4. The van der Waals surface area contributed by atoms with Crippen LogP contribution in [-0.4, -0.2) is 11.1 Å².